The van der Waals surface area contributed by atoms with E-state index in [1.807, 2.05) is 52.0 Å². The highest BCUT2D eigenvalue weighted by atomic mass is 32.2. The fourth-order valence-corrected chi connectivity index (χ4v) is 3.38. The third kappa shape index (κ3) is 4.82. The number of rotatable bonds is 6. The average Bonchev–Trinajstić information content (AvgIpc) is 2.55. The number of amides is 1. The molecular weight excluding hydrogens is 336 g/mol. The fourth-order valence-electron chi connectivity index (χ4n) is 2.44. The van der Waals surface area contributed by atoms with Gasteiger partial charge in [0.25, 0.3) is 5.91 Å². The monoisotopic (exact) mass is 358 g/mol. The SMILES string of the molecule is Cc1cccc(COC(=O)CSc2nc(C)c(C)c(C)c2C(N)=O)c1. The molecule has 0 bridgehead atoms. The number of aryl methyl sites for hydroxylation is 2. The van der Waals surface area contributed by atoms with Gasteiger partial charge in [-0.3, -0.25) is 9.59 Å². The van der Waals surface area contributed by atoms with Gasteiger partial charge >= 0.3 is 5.97 Å². The molecule has 0 fully saturated rings. The molecule has 2 N–H and O–H groups in total. The number of esters is 1. The van der Waals surface area contributed by atoms with Gasteiger partial charge in [0.05, 0.1) is 11.3 Å². The van der Waals surface area contributed by atoms with Gasteiger partial charge in [-0.25, -0.2) is 4.98 Å². The maximum atomic E-state index is 12.0. The molecule has 5 nitrogen and oxygen atoms in total. The Labute approximate surface area is 152 Å². The minimum atomic E-state index is -0.538. The zero-order valence-corrected chi connectivity index (χ0v) is 15.7. The molecule has 6 heteroatoms. The molecule has 1 aromatic heterocycles. The van der Waals surface area contributed by atoms with Crippen molar-refractivity contribution in [3.8, 4) is 0 Å². The summed E-state index contributed by atoms with van der Waals surface area (Å²) in [6.45, 7) is 7.81. The van der Waals surface area contributed by atoms with E-state index in [1.165, 1.54) is 11.8 Å². The standard InChI is InChI=1S/C19H22N2O3S/c1-11-6-5-7-15(8-11)9-24-16(22)10-25-19-17(18(20)23)13(3)12(2)14(4)21-19/h5-8H,9-10H2,1-4H3,(H2,20,23). The van der Waals surface area contributed by atoms with E-state index < -0.39 is 5.91 Å². The second kappa shape index (κ2) is 8.16. The van der Waals surface area contributed by atoms with Gasteiger partial charge in [0, 0.05) is 5.69 Å². The molecule has 0 aliphatic carbocycles. The lowest BCUT2D eigenvalue weighted by molar-refractivity contribution is -0.141. The molecule has 0 aliphatic heterocycles. The maximum absolute atomic E-state index is 12.0. The molecule has 0 atom stereocenters. The van der Waals surface area contributed by atoms with Crippen LogP contribution in [0.4, 0.5) is 0 Å². The van der Waals surface area contributed by atoms with Crippen LogP contribution >= 0.6 is 11.8 Å². The molecule has 0 unspecified atom stereocenters. The smallest absolute Gasteiger partial charge is 0.316 e. The number of carbonyl (C=O) groups is 2. The molecule has 2 rings (SSSR count). The number of ether oxygens (including phenoxy) is 1. The molecule has 0 aliphatic rings. The van der Waals surface area contributed by atoms with Crippen LogP contribution < -0.4 is 5.73 Å². The number of benzene rings is 1. The van der Waals surface area contributed by atoms with E-state index in [4.69, 9.17) is 10.5 Å². The molecule has 132 valence electrons. The Bertz CT molecular complexity index is 819. The highest BCUT2D eigenvalue weighted by Gasteiger charge is 2.18. The molecule has 1 heterocycles. The number of nitrogens with zero attached hydrogens (tertiary/aromatic N) is 1. The van der Waals surface area contributed by atoms with Gasteiger partial charge < -0.3 is 10.5 Å². The van der Waals surface area contributed by atoms with Crippen molar-refractivity contribution >= 4 is 23.6 Å². The van der Waals surface area contributed by atoms with Gasteiger partial charge in [0.1, 0.15) is 11.6 Å². The van der Waals surface area contributed by atoms with Gasteiger partial charge in [0.15, 0.2) is 0 Å². The first-order valence-corrected chi connectivity index (χ1v) is 8.89. The largest absolute Gasteiger partial charge is 0.460 e. The normalized spacial score (nSPS) is 10.6. The van der Waals surface area contributed by atoms with Crippen LogP contribution in [0, 0.1) is 27.7 Å². The Kier molecular flexibility index (Phi) is 6.20. The van der Waals surface area contributed by atoms with Crippen molar-refractivity contribution in [2.75, 3.05) is 5.75 Å². The van der Waals surface area contributed by atoms with Gasteiger partial charge in [0.2, 0.25) is 0 Å². The summed E-state index contributed by atoms with van der Waals surface area (Å²) in [5.41, 5.74) is 10.5. The highest BCUT2D eigenvalue weighted by molar-refractivity contribution is 8.00. The summed E-state index contributed by atoms with van der Waals surface area (Å²) in [5.74, 6) is -0.829. The van der Waals surface area contributed by atoms with Crippen molar-refractivity contribution in [3.05, 3.63) is 57.8 Å². The lowest BCUT2D eigenvalue weighted by atomic mass is 10.0. The van der Waals surface area contributed by atoms with Crippen LogP contribution in [0.2, 0.25) is 0 Å². The van der Waals surface area contributed by atoms with Crippen LogP contribution in [0.5, 0.6) is 0 Å². The number of aromatic nitrogens is 1. The summed E-state index contributed by atoms with van der Waals surface area (Å²) in [6.07, 6.45) is 0. The summed E-state index contributed by atoms with van der Waals surface area (Å²) in [6, 6.07) is 7.79. The number of hydrogen-bond acceptors (Lipinski definition) is 5. The van der Waals surface area contributed by atoms with E-state index in [0.29, 0.717) is 10.6 Å². The number of primary amides is 1. The highest BCUT2D eigenvalue weighted by Crippen LogP contribution is 2.26. The number of thioether (sulfide) groups is 1. The van der Waals surface area contributed by atoms with Crippen molar-refractivity contribution in [3.63, 3.8) is 0 Å². The van der Waals surface area contributed by atoms with Crippen LogP contribution in [-0.2, 0) is 16.1 Å². The van der Waals surface area contributed by atoms with Crippen LogP contribution in [0.25, 0.3) is 0 Å². The first kappa shape index (κ1) is 19.0. The van der Waals surface area contributed by atoms with Crippen molar-refractivity contribution in [1.29, 1.82) is 0 Å². The van der Waals surface area contributed by atoms with Crippen LogP contribution in [0.1, 0.15) is 38.3 Å². The number of nitrogens with two attached hydrogens (primary N) is 1. The van der Waals surface area contributed by atoms with Crippen molar-refractivity contribution in [2.45, 2.75) is 39.3 Å². The molecule has 1 aromatic carbocycles. The summed E-state index contributed by atoms with van der Waals surface area (Å²) in [5, 5.41) is 0.473. The average molecular weight is 358 g/mol. The minimum Gasteiger partial charge on any atom is -0.460 e. The van der Waals surface area contributed by atoms with Crippen molar-refractivity contribution in [1.82, 2.24) is 4.98 Å². The molecule has 25 heavy (non-hydrogen) atoms. The Morgan fingerprint density at radius 3 is 2.52 bits per heavy atom. The molecule has 0 saturated heterocycles. The van der Waals surface area contributed by atoms with Crippen LogP contribution in [0.15, 0.2) is 29.3 Å². The van der Waals surface area contributed by atoms with Crippen molar-refractivity contribution < 1.29 is 14.3 Å². The van der Waals surface area contributed by atoms with Gasteiger partial charge in [-0.2, -0.15) is 0 Å². The van der Waals surface area contributed by atoms with E-state index >= 15 is 0 Å². The van der Waals surface area contributed by atoms with E-state index in [-0.39, 0.29) is 18.3 Å². The van der Waals surface area contributed by atoms with Crippen LogP contribution in [-0.4, -0.2) is 22.6 Å². The third-order valence-corrected chi connectivity index (χ3v) is 4.97. The van der Waals surface area contributed by atoms with Gasteiger partial charge in [-0.05, 0) is 44.4 Å². The summed E-state index contributed by atoms with van der Waals surface area (Å²) in [7, 11) is 0. The Morgan fingerprint density at radius 2 is 1.88 bits per heavy atom. The topological polar surface area (TPSA) is 82.3 Å². The van der Waals surface area contributed by atoms with Gasteiger partial charge in [-0.15, -0.1) is 0 Å². The van der Waals surface area contributed by atoms with Gasteiger partial charge in [-0.1, -0.05) is 41.6 Å². The molecule has 1 amide bonds. The molecule has 2 aromatic rings. The molecular formula is C19H22N2O3S. The van der Waals surface area contributed by atoms with E-state index in [9.17, 15) is 9.59 Å². The summed E-state index contributed by atoms with van der Waals surface area (Å²) < 4.78 is 5.29. The van der Waals surface area contributed by atoms with E-state index in [1.54, 1.807) is 0 Å². The zero-order chi connectivity index (χ0) is 18.6. The second-order valence-electron chi connectivity index (χ2n) is 5.93. The molecule has 0 spiro atoms. The quantitative estimate of drug-likeness (QED) is 0.633. The molecule has 0 saturated carbocycles. The Morgan fingerprint density at radius 1 is 1.16 bits per heavy atom. The van der Waals surface area contributed by atoms with E-state index in [2.05, 4.69) is 4.98 Å². The summed E-state index contributed by atoms with van der Waals surface area (Å²) in [4.78, 5) is 28.2. The first-order chi connectivity index (χ1) is 11.8. The zero-order valence-electron chi connectivity index (χ0n) is 14.9. The van der Waals surface area contributed by atoms with Crippen LogP contribution in [0.3, 0.4) is 0 Å². The maximum Gasteiger partial charge on any atom is 0.316 e. The summed E-state index contributed by atoms with van der Waals surface area (Å²) >= 11 is 1.17. The third-order valence-electron chi connectivity index (χ3n) is 4.02. The number of pyridine rings is 1. The Hall–Kier alpha value is -2.34. The predicted octanol–water partition coefficient (Wildman–Crippen LogP) is 3.25. The lowest BCUT2D eigenvalue weighted by Crippen LogP contribution is -2.17. The molecule has 0 radical (unpaired) electrons. The number of hydrogen-bond donors (Lipinski definition) is 1. The van der Waals surface area contributed by atoms with Crippen molar-refractivity contribution in [2.24, 2.45) is 5.73 Å². The second-order valence-corrected chi connectivity index (χ2v) is 6.89. The number of carbonyl (C=O) groups excluding carboxylic acids is 2. The predicted molar refractivity (Wildman–Crippen MR) is 98.7 cm³/mol. The first-order valence-electron chi connectivity index (χ1n) is 7.91. The minimum absolute atomic E-state index is 0.0705. The Balaban J connectivity index is 2.03. The van der Waals surface area contributed by atoms with E-state index in [0.717, 1.165) is 27.9 Å². The fraction of sp³-hybridized carbons (Fsp3) is 0.316. The lowest BCUT2D eigenvalue weighted by Gasteiger charge is -2.13.